The molecule has 0 bridgehead atoms. The predicted octanol–water partition coefficient (Wildman–Crippen LogP) is 2.94. The van der Waals surface area contributed by atoms with Crippen LogP contribution in [-0.2, 0) is 11.3 Å². The Balaban J connectivity index is 1.76. The molecule has 0 radical (unpaired) electrons. The number of piperazine rings is 1. The summed E-state index contributed by atoms with van der Waals surface area (Å²) in [6.07, 6.45) is 0. The Bertz CT molecular complexity index is 862. The third-order valence-electron chi connectivity index (χ3n) is 5.07. The summed E-state index contributed by atoms with van der Waals surface area (Å²) in [5.41, 5.74) is 1.50. The highest BCUT2D eigenvalue weighted by Gasteiger charge is 2.42. The van der Waals surface area contributed by atoms with Crippen molar-refractivity contribution < 1.29 is 13.9 Å². The largest absolute Gasteiger partial charge is 0.474 e. The van der Waals surface area contributed by atoms with Crippen molar-refractivity contribution in [1.29, 1.82) is 0 Å². The Morgan fingerprint density at radius 1 is 1.11 bits per heavy atom. The van der Waals surface area contributed by atoms with Crippen LogP contribution in [0.25, 0.3) is 0 Å². The molecule has 0 saturated carbocycles. The molecule has 142 valence electrons. The molecule has 2 aliphatic heterocycles. The van der Waals surface area contributed by atoms with Gasteiger partial charge in [-0.25, -0.2) is 4.39 Å². The van der Waals surface area contributed by atoms with Gasteiger partial charge in [-0.2, -0.15) is 0 Å². The molecule has 0 aliphatic carbocycles. The summed E-state index contributed by atoms with van der Waals surface area (Å²) in [6.45, 7) is 7.48. The SMILES string of the molecule is CC1(C)Oc2c(N3CCNCC3)cccc2N(Cc2cccc(F)c2)C1=O. The van der Waals surface area contributed by atoms with Crippen molar-refractivity contribution in [3.63, 3.8) is 0 Å². The van der Waals surface area contributed by atoms with Crippen LogP contribution in [0.4, 0.5) is 15.8 Å². The lowest BCUT2D eigenvalue weighted by molar-refractivity contribution is -0.132. The zero-order valence-electron chi connectivity index (χ0n) is 15.7. The molecular weight excluding hydrogens is 345 g/mol. The van der Waals surface area contributed by atoms with Crippen LogP contribution in [0.15, 0.2) is 42.5 Å². The summed E-state index contributed by atoms with van der Waals surface area (Å²) >= 11 is 0. The van der Waals surface area contributed by atoms with Gasteiger partial charge in [-0.05, 0) is 43.7 Å². The van der Waals surface area contributed by atoms with E-state index in [9.17, 15) is 9.18 Å². The fourth-order valence-electron chi connectivity index (χ4n) is 3.69. The standard InChI is InChI=1S/C21H24FN3O2/c1-21(2)20(26)25(14-15-5-3-6-16(22)13-15)18-8-4-7-17(19(18)27-21)24-11-9-23-10-12-24/h3-8,13,23H,9-12,14H2,1-2H3. The van der Waals surface area contributed by atoms with Crippen LogP contribution in [0, 0.1) is 5.82 Å². The van der Waals surface area contributed by atoms with E-state index in [0.717, 1.165) is 48.9 Å². The molecule has 1 fully saturated rings. The maximum atomic E-state index is 13.6. The number of nitrogens with one attached hydrogen (secondary N) is 1. The molecule has 1 amide bonds. The smallest absolute Gasteiger partial charge is 0.271 e. The van der Waals surface area contributed by atoms with Crippen LogP contribution < -0.4 is 19.9 Å². The van der Waals surface area contributed by atoms with Gasteiger partial charge in [0, 0.05) is 26.2 Å². The second-order valence-corrected chi connectivity index (χ2v) is 7.50. The van der Waals surface area contributed by atoms with Gasteiger partial charge in [-0.15, -0.1) is 0 Å². The number of fused-ring (bicyclic) bond motifs is 1. The Morgan fingerprint density at radius 3 is 2.56 bits per heavy atom. The molecule has 1 N–H and O–H groups in total. The zero-order chi connectivity index (χ0) is 19.0. The predicted molar refractivity (Wildman–Crippen MR) is 104 cm³/mol. The van der Waals surface area contributed by atoms with E-state index < -0.39 is 5.60 Å². The highest BCUT2D eigenvalue weighted by atomic mass is 19.1. The van der Waals surface area contributed by atoms with Crippen LogP contribution in [-0.4, -0.2) is 37.7 Å². The summed E-state index contributed by atoms with van der Waals surface area (Å²) < 4.78 is 19.8. The lowest BCUT2D eigenvalue weighted by Crippen LogP contribution is -2.52. The van der Waals surface area contributed by atoms with E-state index in [4.69, 9.17) is 4.74 Å². The number of carbonyl (C=O) groups excluding carboxylic acids is 1. The molecule has 0 unspecified atom stereocenters. The van der Waals surface area contributed by atoms with E-state index in [-0.39, 0.29) is 11.7 Å². The third kappa shape index (κ3) is 3.37. The molecule has 2 aromatic rings. The maximum absolute atomic E-state index is 13.6. The number of benzene rings is 2. The minimum Gasteiger partial charge on any atom is -0.474 e. The number of rotatable bonds is 3. The van der Waals surface area contributed by atoms with Crippen molar-refractivity contribution in [2.24, 2.45) is 0 Å². The van der Waals surface area contributed by atoms with Gasteiger partial charge >= 0.3 is 0 Å². The van der Waals surface area contributed by atoms with Gasteiger partial charge in [0.15, 0.2) is 11.4 Å². The molecule has 6 heteroatoms. The Hall–Kier alpha value is -2.60. The molecule has 0 atom stereocenters. The van der Waals surface area contributed by atoms with Gasteiger partial charge in [-0.3, -0.25) is 4.79 Å². The maximum Gasteiger partial charge on any atom is 0.271 e. The van der Waals surface area contributed by atoms with E-state index in [1.165, 1.54) is 12.1 Å². The van der Waals surface area contributed by atoms with Crippen molar-refractivity contribution in [3.8, 4) is 5.75 Å². The van der Waals surface area contributed by atoms with Crippen LogP contribution in [0.5, 0.6) is 5.75 Å². The van der Waals surface area contributed by atoms with E-state index in [2.05, 4.69) is 10.2 Å². The Kier molecular flexibility index (Phi) is 4.52. The third-order valence-corrected chi connectivity index (χ3v) is 5.07. The first kappa shape index (κ1) is 17.8. The Morgan fingerprint density at radius 2 is 1.81 bits per heavy atom. The summed E-state index contributed by atoms with van der Waals surface area (Å²) in [4.78, 5) is 17.1. The Labute approximate surface area is 158 Å². The van der Waals surface area contributed by atoms with Crippen LogP contribution >= 0.6 is 0 Å². The minimum atomic E-state index is -0.982. The van der Waals surface area contributed by atoms with Crippen LogP contribution in [0.1, 0.15) is 19.4 Å². The molecule has 2 heterocycles. The van der Waals surface area contributed by atoms with E-state index in [1.807, 2.05) is 24.3 Å². The molecule has 2 aromatic carbocycles. The monoisotopic (exact) mass is 369 g/mol. The fraction of sp³-hybridized carbons (Fsp3) is 0.381. The van der Waals surface area contributed by atoms with Crippen molar-refractivity contribution in [3.05, 3.63) is 53.8 Å². The molecule has 0 spiro atoms. The van der Waals surface area contributed by atoms with Crippen molar-refractivity contribution >= 4 is 17.3 Å². The average molecular weight is 369 g/mol. The highest BCUT2D eigenvalue weighted by Crippen LogP contribution is 2.45. The number of halogens is 1. The molecule has 2 aliphatic rings. The van der Waals surface area contributed by atoms with Gasteiger partial charge in [0.2, 0.25) is 0 Å². The number of nitrogens with zero attached hydrogens (tertiary/aromatic N) is 2. The second-order valence-electron chi connectivity index (χ2n) is 7.50. The van der Waals surface area contributed by atoms with E-state index in [1.54, 1.807) is 24.8 Å². The lowest BCUT2D eigenvalue weighted by Gasteiger charge is -2.41. The highest BCUT2D eigenvalue weighted by molar-refractivity contribution is 6.03. The first-order chi connectivity index (χ1) is 13.0. The van der Waals surface area contributed by atoms with Gasteiger partial charge < -0.3 is 19.9 Å². The number of hydrogen-bond donors (Lipinski definition) is 1. The van der Waals surface area contributed by atoms with Crippen molar-refractivity contribution in [2.45, 2.75) is 26.0 Å². The molecule has 4 rings (SSSR count). The van der Waals surface area contributed by atoms with E-state index in [0.29, 0.717) is 6.54 Å². The minimum absolute atomic E-state index is 0.128. The van der Waals surface area contributed by atoms with Gasteiger partial charge in [0.05, 0.1) is 17.9 Å². The summed E-state index contributed by atoms with van der Waals surface area (Å²) in [5, 5.41) is 3.35. The second kappa shape index (κ2) is 6.85. The number of hydrogen-bond acceptors (Lipinski definition) is 4. The van der Waals surface area contributed by atoms with Crippen molar-refractivity contribution in [1.82, 2.24) is 5.32 Å². The molecule has 0 aromatic heterocycles. The number of ether oxygens (including phenoxy) is 1. The summed E-state index contributed by atoms with van der Waals surface area (Å²) in [5.74, 6) is 0.291. The van der Waals surface area contributed by atoms with Gasteiger partial charge in [0.25, 0.3) is 5.91 Å². The molecule has 1 saturated heterocycles. The normalized spacial score (nSPS) is 18.9. The summed E-state index contributed by atoms with van der Waals surface area (Å²) in [7, 11) is 0. The van der Waals surface area contributed by atoms with E-state index >= 15 is 0 Å². The average Bonchev–Trinajstić information content (AvgIpc) is 2.66. The first-order valence-corrected chi connectivity index (χ1v) is 9.30. The first-order valence-electron chi connectivity index (χ1n) is 9.30. The molecular formula is C21H24FN3O2. The number of anilines is 2. The number of para-hydroxylation sites is 1. The molecule has 27 heavy (non-hydrogen) atoms. The van der Waals surface area contributed by atoms with Gasteiger partial charge in [-0.1, -0.05) is 18.2 Å². The van der Waals surface area contributed by atoms with Crippen molar-refractivity contribution in [2.75, 3.05) is 36.0 Å². The number of carbonyl (C=O) groups is 1. The zero-order valence-corrected chi connectivity index (χ0v) is 15.7. The molecule has 5 nitrogen and oxygen atoms in total. The fourth-order valence-corrected chi connectivity index (χ4v) is 3.69. The van der Waals surface area contributed by atoms with Gasteiger partial charge in [0.1, 0.15) is 5.82 Å². The lowest BCUT2D eigenvalue weighted by atomic mass is 10.0. The van der Waals surface area contributed by atoms with Crippen LogP contribution in [0.2, 0.25) is 0 Å². The topological polar surface area (TPSA) is 44.8 Å². The summed E-state index contributed by atoms with van der Waals surface area (Å²) in [6, 6.07) is 12.3. The van der Waals surface area contributed by atoms with Crippen LogP contribution in [0.3, 0.4) is 0 Å². The quantitative estimate of drug-likeness (QED) is 0.904. The number of amides is 1.